The third-order valence-electron chi connectivity index (χ3n) is 2.72. The first-order valence-corrected chi connectivity index (χ1v) is 5.83. The van der Waals surface area contributed by atoms with Gasteiger partial charge in [0.1, 0.15) is 6.61 Å². The van der Waals surface area contributed by atoms with Gasteiger partial charge in [-0.15, -0.1) is 10.2 Å². The summed E-state index contributed by atoms with van der Waals surface area (Å²) >= 11 is 0. The molecule has 9 nitrogen and oxygen atoms in total. The molecule has 0 aliphatic carbocycles. The quantitative estimate of drug-likeness (QED) is 0.838. The van der Waals surface area contributed by atoms with Gasteiger partial charge in [0, 0.05) is 11.4 Å². The minimum atomic E-state index is -0.486. The summed E-state index contributed by atoms with van der Waals surface area (Å²) in [6.45, 7) is 0.847. The van der Waals surface area contributed by atoms with Crippen molar-refractivity contribution in [2.45, 2.75) is 0 Å². The van der Waals surface area contributed by atoms with Crippen LogP contribution in [0.15, 0.2) is 24.3 Å². The van der Waals surface area contributed by atoms with E-state index in [1.165, 1.54) is 4.90 Å². The van der Waals surface area contributed by atoms with Gasteiger partial charge in [0.25, 0.3) is 11.7 Å². The second-order valence-electron chi connectivity index (χ2n) is 4.01. The van der Waals surface area contributed by atoms with Gasteiger partial charge < -0.3 is 10.1 Å². The van der Waals surface area contributed by atoms with Crippen LogP contribution in [0.2, 0.25) is 0 Å². The molecule has 2 N–H and O–H groups in total. The van der Waals surface area contributed by atoms with E-state index >= 15 is 0 Å². The Hall–Kier alpha value is -2.97. The van der Waals surface area contributed by atoms with E-state index in [2.05, 4.69) is 25.9 Å². The summed E-state index contributed by atoms with van der Waals surface area (Å²) < 4.78 is 4.87. The number of aromatic nitrogens is 4. The molecule has 1 aromatic carbocycles. The second-order valence-corrected chi connectivity index (χ2v) is 4.01. The van der Waals surface area contributed by atoms with Crippen LogP contribution in [0.5, 0.6) is 0 Å². The second kappa shape index (κ2) is 4.96. The van der Waals surface area contributed by atoms with Crippen LogP contribution in [-0.4, -0.2) is 45.8 Å². The molecule has 2 heterocycles. The third kappa shape index (κ3) is 2.28. The number of aromatic amines is 1. The summed E-state index contributed by atoms with van der Waals surface area (Å²) in [6, 6.07) is 6.86. The van der Waals surface area contributed by atoms with Gasteiger partial charge in [-0.1, -0.05) is 6.07 Å². The van der Waals surface area contributed by atoms with Gasteiger partial charge in [-0.05, 0) is 23.4 Å². The van der Waals surface area contributed by atoms with E-state index in [4.69, 9.17) is 4.74 Å². The molecule has 1 fully saturated rings. The minimum Gasteiger partial charge on any atom is -0.447 e. The Morgan fingerprint density at radius 1 is 1.45 bits per heavy atom. The predicted molar refractivity (Wildman–Crippen MR) is 67.3 cm³/mol. The van der Waals surface area contributed by atoms with Crippen molar-refractivity contribution in [3.8, 4) is 0 Å². The molecule has 102 valence electrons. The third-order valence-corrected chi connectivity index (χ3v) is 2.72. The topological polar surface area (TPSA) is 113 Å². The molecule has 0 spiro atoms. The molecular formula is C11H10N6O3. The molecule has 0 radical (unpaired) electrons. The van der Waals surface area contributed by atoms with Crippen LogP contribution in [0.1, 0.15) is 10.6 Å². The minimum absolute atomic E-state index is 0.0593. The number of nitrogens with one attached hydrogen (secondary N) is 2. The highest BCUT2D eigenvalue weighted by atomic mass is 16.6. The monoisotopic (exact) mass is 274 g/mol. The number of anilines is 2. The lowest BCUT2D eigenvalue weighted by Crippen LogP contribution is -2.23. The standard InChI is InChI=1S/C11H10N6O3/c18-10(9-13-15-16-14-9)12-7-2-1-3-8(6-7)17-4-5-20-11(17)19/h1-3,6H,4-5H2,(H,12,18)(H,13,14,15,16). The number of rotatable bonds is 3. The maximum atomic E-state index is 11.8. The molecule has 9 heteroatoms. The van der Waals surface area contributed by atoms with E-state index in [9.17, 15) is 9.59 Å². The Labute approximate surface area is 112 Å². The first-order chi connectivity index (χ1) is 9.74. The molecular weight excluding hydrogens is 264 g/mol. The Balaban J connectivity index is 1.78. The van der Waals surface area contributed by atoms with Crippen LogP contribution in [0.4, 0.5) is 16.2 Å². The lowest BCUT2D eigenvalue weighted by molar-refractivity contribution is 0.101. The first kappa shape index (κ1) is 12.1. The van der Waals surface area contributed by atoms with Crippen LogP contribution in [0, 0.1) is 0 Å². The number of cyclic esters (lactones) is 1. The number of hydrogen-bond donors (Lipinski definition) is 2. The van der Waals surface area contributed by atoms with Crippen LogP contribution in [0.25, 0.3) is 0 Å². The summed E-state index contributed by atoms with van der Waals surface area (Å²) in [7, 11) is 0. The highest BCUT2D eigenvalue weighted by Gasteiger charge is 2.23. The molecule has 2 aromatic rings. The van der Waals surface area contributed by atoms with Crippen molar-refractivity contribution >= 4 is 23.4 Å². The molecule has 0 atom stereocenters. The summed E-state index contributed by atoms with van der Waals surface area (Å²) in [5.41, 5.74) is 1.18. The van der Waals surface area contributed by atoms with E-state index < -0.39 is 12.0 Å². The highest BCUT2D eigenvalue weighted by Crippen LogP contribution is 2.22. The van der Waals surface area contributed by atoms with Crippen molar-refractivity contribution < 1.29 is 14.3 Å². The molecule has 2 amide bonds. The maximum absolute atomic E-state index is 11.8. The maximum Gasteiger partial charge on any atom is 0.414 e. The Morgan fingerprint density at radius 2 is 2.35 bits per heavy atom. The van der Waals surface area contributed by atoms with Gasteiger partial charge in [-0.2, -0.15) is 5.21 Å². The average molecular weight is 274 g/mol. The Bertz CT molecular complexity index is 641. The number of benzene rings is 1. The zero-order chi connectivity index (χ0) is 13.9. The van der Waals surface area contributed by atoms with Crippen molar-refractivity contribution in [1.82, 2.24) is 20.6 Å². The summed E-state index contributed by atoms with van der Waals surface area (Å²) in [4.78, 5) is 24.7. The highest BCUT2D eigenvalue weighted by molar-refractivity contribution is 6.01. The normalized spacial score (nSPS) is 14.2. The van der Waals surface area contributed by atoms with E-state index in [0.717, 1.165) is 0 Å². The van der Waals surface area contributed by atoms with Crippen LogP contribution < -0.4 is 10.2 Å². The number of carbonyl (C=O) groups excluding carboxylic acids is 2. The molecule has 1 aromatic heterocycles. The van der Waals surface area contributed by atoms with Crippen molar-refractivity contribution in [3.63, 3.8) is 0 Å². The largest absolute Gasteiger partial charge is 0.447 e. The van der Waals surface area contributed by atoms with Crippen molar-refractivity contribution in [1.29, 1.82) is 0 Å². The Morgan fingerprint density at radius 3 is 3.05 bits per heavy atom. The smallest absolute Gasteiger partial charge is 0.414 e. The molecule has 1 saturated heterocycles. The van der Waals surface area contributed by atoms with Crippen LogP contribution in [0.3, 0.4) is 0 Å². The zero-order valence-corrected chi connectivity index (χ0v) is 10.2. The van der Waals surface area contributed by atoms with Gasteiger partial charge in [0.2, 0.25) is 0 Å². The first-order valence-electron chi connectivity index (χ1n) is 5.83. The lowest BCUT2D eigenvalue weighted by atomic mass is 10.2. The number of ether oxygens (including phenoxy) is 1. The van der Waals surface area contributed by atoms with Crippen molar-refractivity contribution in [2.75, 3.05) is 23.4 Å². The molecule has 0 bridgehead atoms. The number of H-pyrrole nitrogens is 1. The van der Waals surface area contributed by atoms with Crippen LogP contribution >= 0.6 is 0 Å². The lowest BCUT2D eigenvalue weighted by Gasteiger charge is -2.13. The van der Waals surface area contributed by atoms with Gasteiger partial charge in [0.15, 0.2) is 0 Å². The Kier molecular flexibility index (Phi) is 2.99. The molecule has 3 rings (SSSR count). The average Bonchev–Trinajstić information content (AvgIpc) is 3.10. The van der Waals surface area contributed by atoms with Gasteiger partial charge in [-0.3, -0.25) is 9.69 Å². The summed E-state index contributed by atoms with van der Waals surface area (Å²) in [6.07, 6.45) is -0.397. The fraction of sp³-hybridized carbons (Fsp3) is 0.182. The number of tetrazole rings is 1. The van der Waals surface area contributed by atoms with Gasteiger partial charge in [0.05, 0.1) is 6.54 Å². The van der Waals surface area contributed by atoms with Crippen LogP contribution in [-0.2, 0) is 4.74 Å². The van der Waals surface area contributed by atoms with Gasteiger partial charge >= 0.3 is 6.09 Å². The fourth-order valence-electron chi connectivity index (χ4n) is 1.82. The van der Waals surface area contributed by atoms with Crippen molar-refractivity contribution in [2.24, 2.45) is 0 Å². The number of amides is 2. The number of hydrogen-bond acceptors (Lipinski definition) is 6. The van der Waals surface area contributed by atoms with E-state index in [0.29, 0.717) is 24.5 Å². The van der Waals surface area contributed by atoms with E-state index in [1.54, 1.807) is 24.3 Å². The summed E-state index contributed by atoms with van der Waals surface area (Å²) in [5, 5.41) is 15.3. The molecule has 1 aliphatic rings. The van der Waals surface area contributed by atoms with E-state index in [-0.39, 0.29) is 5.82 Å². The van der Waals surface area contributed by atoms with Gasteiger partial charge in [-0.25, -0.2) is 4.79 Å². The zero-order valence-electron chi connectivity index (χ0n) is 10.2. The fourth-order valence-corrected chi connectivity index (χ4v) is 1.82. The molecule has 0 saturated carbocycles. The number of carbonyl (C=O) groups is 2. The van der Waals surface area contributed by atoms with Crippen molar-refractivity contribution in [3.05, 3.63) is 30.1 Å². The summed E-state index contributed by atoms with van der Waals surface area (Å²) in [5.74, 6) is -0.545. The van der Waals surface area contributed by atoms with E-state index in [1.807, 2.05) is 0 Å². The molecule has 1 aliphatic heterocycles. The number of nitrogens with zero attached hydrogens (tertiary/aromatic N) is 4. The SMILES string of the molecule is O=C(Nc1cccc(N2CCOC2=O)c1)c1nn[nH]n1. The molecule has 0 unspecified atom stereocenters. The predicted octanol–water partition coefficient (Wildman–Crippen LogP) is 0.409. The molecule has 20 heavy (non-hydrogen) atoms.